The van der Waals surface area contributed by atoms with E-state index >= 15 is 0 Å². The average Bonchev–Trinajstić information content (AvgIpc) is 2.35. The van der Waals surface area contributed by atoms with Crippen molar-refractivity contribution in [2.45, 2.75) is 31.7 Å². The summed E-state index contributed by atoms with van der Waals surface area (Å²) in [6.07, 6.45) is -9.66. The van der Waals surface area contributed by atoms with Crippen molar-refractivity contribution in [1.82, 2.24) is 5.32 Å². The molecular formula is C13H13F6NO2. The smallest absolute Gasteiger partial charge is 0.416 e. The minimum Gasteiger partial charge on any atom is -0.481 e. The van der Waals surface area contributed by atoms with Gasteiger partial charge in [0.1, 0.15) is 0 Å². The van der Waals surface area contributed by atoms with Crippen LogP contribution in [0.1, 0.15) is 29.5 Å². The van der Waals surface area contributed by atoms with Crippen LogP contribution < -0.4 is 5.32 Å². The van der Waals surface area contributed by atoms with Gasteiger partial charge in [-0.05, 0) is 36.7 Å². The number of carboxylic acid groups (broad SMARTS) is 1. The first-order chi connectivity index (χ1) is 10.00. The van der Waals surface area contributed by atoms with Gasteiger partial charge in [0.15, 0.2) is 0 Å². The highest BCUT2D eigenvalue weighted by atomic mass is 19.4. The van der Waals surface area contributed by atoms with Crippen LogP contribution in [0, 0.1) is 0 Å². The van der Waals surface area contributed by atoms with Crippen molar-refractivity contribution in [2.24, 2.45) is 0 Å². The summed E-state index contributed by atoms with van der Waals surface area (Å²) >= 11 is 0. The van der Waals surface area contributed by atoms with Gasteiger partial charge >= 0.3 is 18.3 Å². The molecular weight excluding hydrogens is 316 g/mol. The fourth-order valence-electron chi connectivity index (χ4n) is 1.72. The number of aliphatic carboxylic acids is 1. The molecule has 0 saturated carbocycles. The monoisotopic (exact) mass is 329 g/mol. The van der Waals surface area contributed by atoms with Crippen molar-refractivity contribution < 1.29 is 36.2 Å². The summed E-state index contributed by atoms with van der Waals surface area (Å²) in [4.78, 5) is 10.3. The third-order valence-corrected chi connectivity index (χ3v) is 2.72. The van der Waals surface area contributed by atoms with Gasteiger partial charge < -0.3 is 10.4 Å². The van der Waals surface area contributed by atoms with E-state index < -0.39 is 29.4 Å². The standard InChI is InChI=1S/C13H13F6NO2/c14-12(15,16)9-4-8(5-10(6-9)13(17,18)19)7-20-3-1-2-11(21)22/h4-6,20H,1-3,7H2,(H,21,22). The number of halogens is 6. The molecule has 1 rings (SSSR count). The molecule has 0 heterocycles. The van der Waals surface area contributed by atoms with Crippen LogP contribution in [0.5, 0.6) is 0 Å². The zero-order valence-corrected chi connectivity index (χ0v) is 11.2. The number of hydrogen-bond acceptors (Lipinski definition) is 2. The van der Waals surface area contributed by atoms with E-state index in [9.17, 15) is 31.1 Å². The molecule has 0 atom stereocenters. The number of alkyl halides is 6. The predicted molar refractivity (Wildman–Crippen MR) is 65.0 cm³/mol. The lowest BCUT2D eigenvalue weighted by molar-refractivity contribution is -0.143. The van der Waals surface area contributed by atoms with Crippen molar-refractivity contribution in [1.29, 1.82) is 0 Å². The lowest BCUT2D eigenvalue weighted by atomic mass is 10.0. The highest BCUT2D eigenvalue weighted by Crippen LogP contribution is 2.36. The molecule has 124 valence electrons. The third-order valence-electron chi connectivity index (χ3n) is 2.72. The van der Waals surface area contributed by atoms with Crippen LogP contribution in [0.15, 0.2) is 18.2 Å². The fraction of sp³-hybridized carbons (Fsp3) is 0.462. The molecule has 0 aliphatic carbocycles. The van der Waals surface area contributed by atoms with Crippen LogP contribution in [0.2, 0.25) is 0 Å². The van der Waals surface area contributed by atoms with Gasteiger partial charge in [-0.2, -0.15) is 26.3 Å². The normalized spacial score (nSPS) is 12.5. The first-order valence-corrected chi connectivity index (χ1v) is 6.21. The highest BCUT2D eigenvalue weighted by molar-refractivity contribution is 5.66. The van der Waals surface area contributed by atoms with Gasteiger partial charge in [-0.25, -0.2) is 0 Å². The predicted octanol–water partition coefficient (Wildman–Crippen LogP) is 3.68. The number of benzene rings is 1. The van der Waals surface area contributed by atoms with Crippen LogP contribution in [-0.2, 0) is 23.7 Å². The van der Waals surface area contributed by atoms with Crippen molar-refractivity contribution in [2.75, 3.05) is 6.54 Å². The molecule has 1 aromatic rings. The van der Waals surface area contributed by atoms with E-state index in [-0.39, 0.29) is 37.6 Å². The van der Waals surface area contributed by atoms with E-state index in [1.54, 1.807) is 0 Å². The minimum atomic E-state index is -4.88. The third kappa shape index (κ3) is 5.92. The maximum Gasteiger partial charge on any atom is 0.416 e. The molecule has 0 unspecified atom stereocenters. The Morgan fingerprint density at radius 2 is 1.50 bits per heavy atom. The van der Waals surface area contributed by atoms with Crippen molar-refractivity contribution in [3.63, 3.8) is 0 Å². The van der Waals surface area contributed by atoms with Gasteiger partial charge in [-0.3, -0.25) is 4.79 Å². The maximum atomic E-state index is 12.6. The van der Waals surface area contributed by atoms with Crippen LogP contribution in [0.4, 0.5) is 26.3 Å². The van der Waals surface area contributed by atoms with Crippen molar-refractivity contribution in [3.8, 4) is 0 Å². The summed E-state index contributed by atoms with van der Waals surface area (Å²) < 4.78 is 75.7. The van der Waals surface area contributed by atoms with E-state index in [0.29, 0.717) is 12.1 Å². The van der Waals surface area contributed by atoms with E-state index in [0.717, 1.165) is 0 Å². The molecule has 3 nitrogen and oxygen atoms in total. The number of hydrogen-bond donors (Lipinski definition) is 2. The largest absolute Gasteiger partial charge is 0.481 e. The van der Waals surface area contributed by atoms with E-state index in [2.05, 4.69) is 5.32 Å². The lowest BCUT2D eigenvalue weighted by Crippen LogP contribution is -2.18. The van der Waals surface area contributed by atoms with Gasteiger partial charge in [0.05, 0.1) is 11.1 Å². The Balaban J connectivity index is 2.83. The maximum absolute atomic E-state index is 12.6. The summed E-state index contributed by atoms with van der Waals surface area (Å²) in [5, 5.41) is 11.0. The number of rotatable bonds is 6. The Labute approximate surface area is 121 Å². The summed E-state index contributed by atoms with van der Waals surface area (Å²) in [6.45, 7) is -0.0451. The molecule has 0 saturated heterocycles. The van der Waals surface area contributed by atoms with Crippen LogP contribution in [-0.4, -0.2) is 17.6 Å². The van der Waals surface area contributed by atoms with Crippen molar-refractivity contribution >= 4 is 5.97 Å². The Morgan fingerprint density at radius 1 is 1.00 bits per heavy atom. The van der Waals surface area contributed by atoms with Crippen LogP contribution in [0.3, 0.4) is 0 Å². The fourth-order valence-corrected chi connectivity index (χ4v) is 1.72. The van der Waals surface area contributed by atoms with Crippen LogP contribution in [0.25, 0.3) is 0 Å². The average molecular weight is 329 g/mol. The van der Waals surface area contributed by atoms with Gasteiger partial charge in [-0.15, -0.1) is 0 Å². The quantitative estimate of drug-likeness (QED) is 0.618. The second-order valence-electron chi connectivity index (χ2n) is 4.59. The minimum absolute atomic E-state index is 0.0634. The van der Waals surface area contributed by atoms with Crippen molar-refractivity contribution in [3.05, 3.63) is 34.9 Å². The highest BCUT2D eigenvalue weighted by Gasteiger charge is 2.36. The Bertz CT molecular complexity index is 492. The van der Waals surface area contributed by atoms with Gasteiger partial charge in [0.2, 0.25) is 0 Å². The lowest BCUT2D eigenvalue weighted by Gasteiger charge is -2.14. The molecule has 0 aromatic heterocycles. The van der Waals surface area contributed by atoms with E-state index in [4.69, 9.17) is 5.11 Å². The molecule has 0 fully saturated rings. The zero-order valence-electron chi connectivity index (χ0n) is 11.2. The molecule has 22 heavy (non-hydrogen) atoms. The topological polar surface area (TPSA) is 49.3 Å². The molecule has 1 aromatic carbocycles. The molecule has 0 aliphatic heterocycles. The molecule has 0 radical (unpaired) electrons. The first-order valence-electron chi connectivity index (χ1n) is 6.21. The second kappa shape index (κ2) is 6.99. The molecule has 0 aliphatic rings. The second-order valence-corrected chi connectivity index (χ2v) is 4.59. The number of carbonyl (C=O) groups is 1. The summed E-state index contributed by atoms with van der Waals surface area (Å²) in [5.41, 5.74) is -2.91. The molecule has 9 heteroatoms. The van der Waals surface area contributed by atoms with E-state index in [1.807, 2.05) is 0 Å². The molecule has 0 spiro atoms. The molecule has 0 bridgehead atoms. The zero-order chi connectivity index (χ0) is 17.0. The number of carboxylic acids is 1. The first kappa shape index (κ1) is 18.3. The Kier molecular flexibility index (Phi) is 5.81. The summed E-state index contributed by atoms with van der Waals surface area (Å²) in [7, 11) is 0. The SMILES string of the molecule is O=C(O)CCCNCc1cc(C(F)(F)F)cc(C(F)(F)F)c1. The molecule has 2 N–H and O–H groups in total. The van der Waals surface area contributed by atoms with Gasteiger partial charge in [-0.1, -0.05) is 0 Å². The van der Waals surface area contributed by atoms with Gasteiger partial charge in [0.25, 0.3) is 0 Å². The van der Waals surface area contributed by atoms with Crippen LogP contribution >= 0.6 is 0 Å². The van der Waals surface area contributed by atoms with E-state index in [1.165, 1.54) is 0 Å². The summed E-state index contributed by atoms with van der Waals surface area (Å²) in [5.74, 6) is -1.03. The van der Waals surface area contributed by atoms with Gasteiger partial charge in [0, 0.05) is 13.0 Å². The molecule has 0 amide bonds. The number of nitrogens with one attached hydrogen (secondary N) is 1. The summed E-state index contributed by atoms with van der Waals surface area (Å²) in [6, 6.07) is 1.34. The Hall–Kier alpha value is -1.77. The Morgan fingerprint density at radius 3 is 1.91 bits per heavy atom.